The molecule has 1 aromatic rings. The Kier molecular flexibility index (Phi) is 3.76. The number of phenolic OH excluding ortho intramolecular Hbond substituents is 1. The molecule has 1 rings (SSSR count). The lowest BCUT2D eigenvalue weighted by atomic mass is 10.1. The highest BCUT2D eigenvalue weighted by Gasteiger charge is 2.27. The van der Waals surface area contributed by atoms with Crippen LogP contribution < -0.4 is 5.32 Å². The molecule has 0 bridgehead atoms. The van der Waals surface area contributed by atoms with Crippen molar-refractivity contribution >= 4 is 5.91 Å². The van der Waals surface area contributed by atoms with E-state index < -0.39 is 18.6 Å². The molecule has 0 atom stereocenters. The van der Waals surface area contributed by atoms with Crippen molar-refractivity contribution in [1.82, 2.24) is 5.32 Å². The van der Waals surface area contributed by atoms with Crippen LogP contribution in [0.15, 0.2) is 24.3 Å². The maximum absolute atomic E-state index is 11.8. The van der Waals surface area contributed by atoms with Gasteiger partial charge in [0, 0.05) is 0 Å². The predicted molar refractivity (Wildman–Crippen MR) is 50.9 cm³/mol. The number of halogens is 3. The number of hydrogen-bond acceptors (Lipinski definition) is 2. The average Bonchev–Trinajstić information content (AvgIpc) is 2.14. The van der Waals surface area contributed by atoms with Crippen molar-refractivity contribution in [2.45, 2.75) is 12.6 Å². The van der Waals surface area contributed by atoms with Gasteiger partial charge in [0.25, 0.3) is 0 Å². The molecule has 0 saturated carbocycles. The van der Waals surface area contributed by atoms with Crippen molar-refractivity contribution in [1.29, 1.82) is 0 Å². The van der Waals surface area contributed by atoms with Crippen LogP contribution in [0.1, 0.15) is 5.56 Å². The molecule has 0 aliphatic rings. The van der Waals surface area contributed by atoms with Crippen LogP contribution >= 0.6 is 0 Å². The van der Waals surface area contributed by atoms with Crippen LogP contribution in [0, 0.1) is 0 Å². The Hall–Kier alpha value is -1.72. The molecule has 0 aliphatic carbocycles. The third-order valence-corrected chi connectivity index (χ3v) is 1.76. The maximum Gasteiger partial charge on any atom is 0.405 e. The third-order valence-electron chi connectivity index (χ3n) is 1.76. The molecule has 0 spiro atoms. The van der Waals surface area contributed by atoms with E-state index in [-0.39, 0.29) is 12.2 Å². The molecule has 3 nitrogen and oxygen atoms in total. The van der Waals surface area contributed by atoms with Gasteiger partial charge in [-0.2, -0.15) is 13.2 Å². The van der Waals surface area contributed by atoms with E-state index in [1.54, 1.807) is 11.4 Å². The van der Waals surface area contributed by atoms with Crippen LogP contribution in [0.5, 0.6) is 5.75 Å². The molecule has 2 N–H and O–H groups in total. The van der Waals surface area contributed by atoms with Gasteiger partial charge in [-0.05, 0) is 17.7 Å². The summed E-state index contributed by atoms with van der Waals surface area (Å²) >= 11 is 0. The normalized spacial score (nSPS) is 11.2. The van der Waals surface area contributed by atoms with E-state index in [2.05, 4.69) is 0 Å². The van der Waals surface area contributed by atoms with Crippen molar-refractivity contribution in [3.05, 3.63) is 29.8 Å². The molecule has 1 amide bonds. The molecule has 0 heterocycles. The topological polar surface area (TPSA) is 49.3 Å². The number of amides is 1. The smallest absolute Gasteiger partial charge is 0.405 e. The molecule has 0 saturated heterocycles. The highest BCUT2D eigenvalue weighted by Crippen LogP contribution is 2.13. The lowest BCUT2D eigenvalue weighted by molar-refractivity contribution is -0.138. The highest BCUT2D eigenvalue weighted by atomic mass is 19.4. The van der Waals surface area contributed by atoms with Gasteiger partial charge in [0.05, 0.1) is 6.42 Å². The summed E-state index contributed by atoms with van der Waals surface area (Å²) in [5, 5.41) is 10.8. The number of alkyl halides is 3. The van der Waals surface area contributed by atoms with Crippen LogP contribution in [0.25, 0.3) is 0 Å². The van der Waals surface area contributed by atoms with Gasteiger partial charge in [-0.3, -0.25) is 4.79 Å². The van der Waals surface area contributed by atoms with Gasteiger partial charge >= 0.3 is 6.18 Å². The monoisotopic (exact) mass is 233 g/mol. The lowest BCUT2D eigenvalue weighted by Crippen LogP contribution is -2.34. The fourth-order valence-corrected chi connectivity index (χ4v) is 1.11. The number of rotatable bonds is 3. The minimum absolute atomic E-state index is 0.0267. The van der Waals surface area contributed by atoms with E-state index in [0.717, 1.165) is 0 Å². The Bertz CT molecular complexity index is 377. The first-order valence-corrected chi connectivity index (χ1v) is 4.48. The minimum atomic E-state index is -4.41. The molecule has 0 aliphatic heterocycles. The number of carbonyl (C=O) groups is 1. The van der Waals surface area contributed by atoms with Gasteiger partial charge < -0.3 is 10.4 Å². The van der Waals surface area contributed by atoms with Gasteiger partial charge in [0.15, 0.2) is 0 Å². The first-order chi connectivity index (χ1) is 7.37. The quantitative estimate of drug-likeness (QED) is 0.833. The Labute approximate surface area is 89.9 Å². The van der Waals surface area contributed by atoms with Crippen molar-refractivity contribution in [3.8, 4) is 5.75 Å². The molecule has 88 valence electrons. The molecule has 1 aromatic carbocycles. The number of hydrogen-bond donors (Lipinski definition) is 2. The van der Waals surface area contributed by atoms with Gasteiger partial charge in [0.1, 0.15) is 12.3 Å². The second kappa shape index (κ2) is 4.87. The standard InChI is InChI=1S/C10H10F3NO2/c11-10(12,13)6-14-9(16)5-7-2-1-3-8(15)4-7/h1-4,15H,5-6H2,(H,14,16). The second-order valence-corrected chi connectivity index (χ2v) is 3.24. The minimum Gasteiger partial charge on any atom is -0.508 e. The SMILES string of the molecule is O=C(Cc1cccc(O)c1)NCC(F)(F)F. The number of carbonyl (C=O) groups excluding carboxylic acids is 1. The number of nitrogens with one attached hydrogen (secondary N) is 1. The first-order valence-electron chi connectivity index (χ1n) is 4.48. The molecule has 6 heteroatoms. The van der Waals surface area contributed by atoms with Crippen molar-refractivity contribution in [2.24, 2.45) is 0 Å². The second-order valence-electron chi connectivity index (χ2n) is 3.24. The summed E-state index contributed by atoms with van der Waals surface area (Å²) in [6.07, 6.45) is -4.60. The van der Waals surface area contributed by atoms with Crippen LogP contribution in [0.3, 0.4) is 0 Å². The first kappa shape index (κ1) is 12.4. The summed E-state index contributed by atoms with van der Waals surface area (Å²) in [5.74, 6) is -0.760. The van der Waals surface area contributed by atoms with Gasteiger partial charge in [-0.25, -0.2) is 0 Å². The number of aromatic hydroxyl groups is 1. The number of phenols is 1. The molecule has 0 radical (unpaired) electrons. The zero-order valence-electron chi connectivity index (χ0n) is 8.21. The summed E-state index contributed by atoms with van der Waals surface area (Å²) in [6.45, 7) is -1.34. The van der Waals surface area contributed by atoms with Crippen LogP contribution in [0.4, 0.5) is 13.2 Å². The van der Waals surface area contributed by atoms with E-state index in [1.807, 2.05) is 0 Å². The van der Waals surface area contributed by atoms with Crippen LogP contribution in [0.2, 0.25) is 0 Å². The molecule has 16 heavy (non-hydrogen) atoms. The molecule has 0 aromatic heterocycles. The molecule has 0 fully saturated rings. The van der Waals surface area contributed by atoms with E-state index in [0.29, 0.717) is 5.56 Å². The van der Waals surface area contributed by atoms with Crippen molar-refractivity contribution in [3.63, 3.8) is 0 Å². The van der Waals surface area contributed by atoms with Gasteiger partial charge in [-0.15, -0.1) is 0 Å². The fraction of sp³-hybridized carbons (Fsp3) is 0.300. The van der Waals surface area contributed by atoms with Gasteiger partial charge in [-0.1, -0.05) is 12.1 Å². The molecule has 0 unspecified atom stereocenters. The van der Waals surface area contributed by atoms with Crippen molar-refractivity contribution in [2.75, 3.05) is 6.54 Å². The van der Waals surface area contributed by atoms with E-state index >= 15 is 0 Å². The zero-order chi connectivity index (χ0) is 12.2. The maximum atomic E-state index is 11.8. The Morgan fingerprint density at radius 3 is 2.62 bits per heavy atom. The molecular weight excluding hydrogens is 223 g/mol. The fourth-order valence-electron chi connectivity index (χ4n) is 1.11. The van der Waals surface area contributed by atoms with E-state index in [4.69, 9.17) is 5.11 Å². The highest BCUT2D eigenvalue weighted by molar-refractivity contribution is 5.78. The molecular formula is C10H10F3NO2. The predicted octanol–water partition coefficient (Wildman–Crippen LogP) is 1.61. The Morgan fingerprint density at radius 2 is 2.06 bits per heavy atom. The largest absolute Gasteiger partial charge is 0.508 e. The van der Waals surface area contributed by atoms with E-state index in [1.165, 1.54) is 18.2 Å². The summed E-state index contributed by atoms with van der Waals surface area (Å²) in [5.41, 5.74) is 0.458. The van der Waals surface area contributed by atoms with Crippen LogP contribution in [-0.2, 0) is 11.2 Å². The Morgan fingerprint density at radius 1 is 1.38 bits per heavy atom. The Balaban J connectivity index is 2.46. The zero-order valence-corrected chi connectivity index (χ0v) is 8.21. The summed E-state index contributed by atoms with van der Waals surface area (Å²) < 4.78 is 35.3. The third kappa shape index (κ3) is 4.68. The number of benzene rings is 1. The summed E-state index contributed by atoms with van der Waals surface area (Å²) in [4.78, 5) is 11.1. The van der Waals surface area contributed by atoms with Crippen molar-refractivity contribution < 1.29 is 23.1 Å². The summed E-state index contributed by atoms with van der Waals surface area (Å²) in [7, 11) is 0. The summed E-state index contributed by atoms with van der Waals surface area (Å²) in [6, 6.07) is 5.80. The average molecular weight is 233 g/mol. The van der Waals surface area contributed by atoms with E-state index in [9.17, 15) is 18.0 Å². The lowest BCUT2D eigenvalue weighted by Gasteiger charge is -2.08. The van der Waals surface area contributed by atoms with Crippen LogP contribution in [-0.4, -0.2) is 23.7 Å². The van der Waals surface area contributed by atoms with Gasteiger partial charge in [0.2, 0.25) is 5.91 Å².